The van der Waals surface area contributed by atoms with Crippen molar-refractivity contribution < 1.29 is 0 Å². The van der Waals surface area contributed by atoms with E-state index >= 15 is 0 Å². The Morgan fingerprint density at radius 1 is 0.386 bits per heavy atom. The van der Waals surface area contributed by atoms with Gasteiger partial charge in [0.1, 0.15) is 0 Å². The largest absolute Gasteiger partial charge is 0.310 e. The highest BCUT2D eigenvalue weighted by atomic mass is 15.1. The van der Waals surface area contributed by atoms with Crippen LogP contribution in [0.15, 0.2) is 182 Å². The zero-order valence-corrected chi connectivity index (χ0v) is 33.7. The molecular weight excluding hydrogens is 687 g/mol. The summed E-state index contributed by atoms with van der Waals surface area (Å²) in [6, 6.07) is 68.3. The molecule has 278 valence electrons. The highest BCUT2D eigenvalue weighted by molar-refractivity contribution is 5.98. The fraction of sp³-hybridized carbons (Fsp3) is 0.179. The molecule has 0 aliphatic heterocycles. The fourth-order valence-electron chi connectivity index (χ4n) is 10.2. The molecule has 57 heavy (non-hydrogen) atoms. The highest BCUT2D eigenvalue weighted by Crippen LogP contribution is 2.59. The molecule has 0 fully saturated rings. The highest BCUT2D eigenvalue weighted by Gasteiger charge is 2.47. The number of hydrogen-bond donors (Lipinski definition) is 0. The van der Waals surface area contributed by atoms with Crippen molar-refractivity contribution in [2.75, 3.05) is 4.90 Å². The summed E-state index contributed by atoms with van der Waals surface area (Å²) >= 11 is 0. The number of para-hydroxylation sites is 1. The van der Waals surface area contributed by atoms with E-state index in [-0.39, 0.29) is 10.8 Å². The van der Waals surface area contributed by atoms with Crippen LogP contribution in [-0.2, 0) is 16.2 Å². The van der Waals surface area contributed by atoms with Crippen molar-refractivity contribution in [3.63, 3.8) is 0 Å². The Balaban J connectivity index is 1.36. The molecule has 0 bridgehead atoms. The molecule has 0 atom stereocenters. The van der Waals surface area contributed by atoms with E-state index < -0.39 is 5.41 Å². The van der Waals surface area contributed by atoms with Crippen LogP contribution >= 0.6 is 0 Å². The summed E-state index contributed by atoms with van der Waals surface area (Å²) in [7, 11) is 0. The van der Waals surface area contributed by atoms with E-state index in [1.165, 1.54) is 90.5 Å². The van der Waals surface area contributed by atoms with Crippen LogP contribution in [0.2, 0.25) is 0 Å². The van der Waals surface area contributed by atoms with Gasteiger partial charge in [0.05, 0.1) is 11.1 Å². The summed E-state index contributed by atoms with van der Waals surface area (Å²) in [5, 5.41) is 2.46. The van der Waals surface area contributed by atoms with Gasteiger partial charge in [-0.25, -0.2) is 0 Å². The predicted octanol–water partition coefficient (Wildman–Crippen LogP) is 15.0. The molecule has 0 heterocycles. The van der Waals surface area contributed by atoms with Gasteiger partial charge in [0.2, 0.25) is 0 Å². The third-order valence-electron chi connectivity index (χ3n) is 13.3. The molecule has 8 aromatic carbocycles. The molecule has 10 rings (SSSR count). The minimum atomic E-state index is -0.523. The Morgan fingerprint density at radius 2 is 0.947 bits per heavy atom. The monoisotopic (exact) mass is 735 g/mol. The number of nitrogens with zero attached hydrogens (tertiary/aromatic N) is 1. The van der Waals surface area contributed by atoms with E-state index in [1.807, 2.05) is 0 Å². The minimum Gasteiger partial charge on any atom is -0.310 e. The summed E-state index contributed by atoms with van der Waals surface area (Å²) < 4.78 is 0. The Hall–Kier alpha value is -6.18. The summed E-state index contributed by atoms with van der Waals surface area (Å²) in [5.74, 6) is 0. The van der Waals surface area contributed by atoms with Gasteiger partial charge in [-0.05, 0) is 139 Å². The second-order valence-electron chi connectivity index (χ2n) is 17.6. The van der Waals surface area contributed by atoms with Gasteiger partial charge in [0.25, 0.3) is 0 Å². The first kappa shape index (κ1) is 35.2. The smallest absolute Gasteiger partial charge is 0.0714 e. The van der Waals surface area contributed by atoms with Crippen LogP contribution in [0.1, 0.15) is 79.5 Å². The van der Waals surface area contributed by atoms with Gasteiger partial charge in [-0.3, -0.25) is 0 Å². The van der Waals surface area contributed by atoms with E-state index in [4.69, 9.17) is 0 Å². The van der Waals surface area contributed by atoms with Gasteiger partial charge >= 0.3 is 0 Å². The molecule has 0 aromatic heterocycles. The molecule has 0 saturated carbocycles. The van der Waals surface area contributed by atoms with Crippen molar-refractivity contribution in [2.45, 2.75) is 63.7 Å². The van der Waals surface area contributed by atoms with Crippen LogP contribution < -0.4 is 4.90 Å². The number of aryl methyl sites for hydroxylation is 1. The summed E-state index contributed by atoms with van der Waals surface area (Å²) in [5.41, 5.74) is 17.7. The van der Waals surface area contributed by atoms with Crippen molar-refractivity contribution in [1.29, 1.82) is 0 Å². The maximum Gasteiger partial charge on any atom is 0.0714 e. The quantitative estimate of drug-likeness (QED) is 0.164. The Labute approximate surface area is 338 Å². The Bertz CT molecular complexity index is 2750. The van der Waals surface area contributed by atoms with Gasteiger partial charge < -0.3 is 4.90 Å². The molecule has 0 unspecified atom stereocenters. The first-order valence-electron chi connectivity index (χ1n) is 20.6. The SMILES string of the molecule is Cc1cc2c(cc1-c1cc3c(cc1N(c1ccccc1)c1ccc4ccccc4c1)C(c1ccccc1)(c1ccccc1)c1ccccc1-3)C(C)(C)CCC2(C)C. The lowest BCUT2D eigenvalue weighted by atomic mass is 9.62. The van der Waals surface area contributed by atoms with E-state index in [0.29, 0.717) is 0 Å². The topological polar surface area (TPSA) is 3.24 Å². The van der Waals surface area contributed by atoms with Crippen LogP contribution in [0.5, 0.6) is 0 Å². The molecule has 2 aliphatic rings. The molecule has 0 N–H and O–H groups in total. The molecular formula is C56H49N. The fourth-order valence-corrected chi connectivity index (χ4v) is 10.2. The summed E-state index contributed by atoms with van der Waals surface area (Å²) in [6.07, 6.45) is 2.36. The zero-order valence-electron chi connectivity index (χ0n) is 33.7. The number of anilines is 3. The van der Waals surface area contributed by atoms with Crippen LogP contribution in [0.4, 0.5) is 17.1 Å². The zero-order chi connectivity index (χ0) is 38.9. The first-order valence-corrected chi connectivity index (χ1v) is 20.6. The van der Waals surface area contributed by atoms with E-state index in [9.17, 15) is 0 Å². The van der Waals surface area contributed by atoms with Gasteiger partial charge in [-0.1, -0.05) is 167 Å². The van der Waals surface area contributed by atoms with Crippen molar-refractivity contribution in [3.05, 3.63) is 221 Å². The molecule has 2 aliphatic carbocycles. The lowest BCUT2D eigenvalue weighted by Crippen LogP contribution is -2.34. The van der Waals surface area contributed by atoms with Crippen LogP contribution in [0, 0.1) is 6.92 Å². The summed E-state index contributed by atoms with van der Waals surface area (Å²) in [4.78, 5) is 2.51. The van der Waals surface area contributed by atoms with Crippen molar-refractivity contribution in [3.8, 4) is 22.3 Å². The van der Waals surface area contributed by atoms with Gasteiger partial charge in [0, 0.05) is 16.9 Å². The molecule has 8 aromatic rings. The first-order chi connectivity index (χ1) is 27.7. The maximum atomic E-state index is 2.57. The third kappa shape index (κ3) is 5.51. The second kappa shape index (κ2) is 13.2. The Morgan fingerprint density at radius 3 is 1.61 bits per heavy atom. The number of hydrogen-bond acceptors (Lipinski definition) is 1. The van der Waals surface area contributed by atoms with Crippen LogP contribution in [-0.4, -0.2) is 0 Å². The molecule has 0 radical (unpaired) electrons. The van der Waals surface area contributed by atoms with Crippen LogP contribution in [0.25, 0.3) is 33.0 Å². The van der Waals surface area contributed by atoms with Gasteiger partial charge in [-0.15, -0.1) is 0 Å². The van der Waals surface area contributed by atoms with Crippen molar-refractivity contribution >= 4 is 27.8 Å². The second-order valence-corrected chi connectivity index (χ2v) is 17.6. The predicted molar refractivity (Wildman–Crippen MR) is 241 cm³/mol. The van der Waals surface area contributed by atoms with Gasteiger partial charge in [0.15, 0.2) is 0 Å². The van der Waals surface area contributed by atoms with E-state index in [0.717, 1.165) is 11.4 Å². The number of fused-ring (bicyclic) bond motifs is 5. The normalized spacial score (nSPS) is 15.7. The van der Waals surface area contributed by atoms with Crippen molar-refractivity contribution in [1.82, 2.24) is 0 Å². The third-order valence-corrected chi connectivity index (χ3v) is 13.3. The lowest BCUT2D eigenvalue weighted by molar-refractivity contribution is 0.332. The standard InChI is InChI=1S/C56H49N/c1-38-33-51-52(55(4,5)32-31-54(51,2)3)36-46(38)48-35-47-45-27-17-18-28-49(45)56(41-21-9-6-10-22-41,42-23-11-7-12-24-42)50(47)37-53(48)57(43-25-13-8-14-26-43)44-30-29-39-19-15-16-20-40(39)34-44/h6-30,33-37H,31-32H2,1-5H3. The maximum absolute atomic E-state index is 2.57. The minimum absolute atomic E-state index is 0.0734. The number of benzene rings is 8. The van der Waals surface area contributed by atoms with E-state index in [2.05, 4.69) is 222 Å². The average Bonchev–Trinajstić information content (AvgIpc) is 3.53. The number of rotatable bonds is 6. The average molecular weight is 736 g/mol. The summed E-state index contributed by atoms with van der Waals surface area (Å²) in [6.45, 7) is 12.1. The molecule has 1 heteroatoms. The van der Waals surface area contributed by atoms with E-state index in [1.54, 1.807) is 0 Å². The molecule has 0 amide bonds. The van der Waals surface area contributed by atoms with Crippen LogP contribution in [0.3, 0.4) is 0 Å². The molecule has 0 saturated heterocycles. The van der Waals surface area contributed by atoms with Crippen molar-refractivity contribution in [2.24, 2.45) is 0 Å². The molecule has 0 spiro atoms. The Kier molecular flexibility index (Phi) is 8.17. The van der Waals surface area contributed by atoms with Gasteiger partial charge in [-0.2, -0.15) is 0 Å². The lowest BCUT2D eigenvalue weighted by Gasteiger charge is -2.42. The molecule has 1 nitrogen and oxygen atoms in total.